The van der Waals surface area contributed by atoms with E-state index in [4.69, 9.17) is 4.42 Å². The van der Waals surface area contributed by atoms with Crippen LogP contribution in [0.25, 0.3) is 21.9 Å². The highest BCUT2D eigenvalue weighted by Crippen LogP contribution is 2.30. The summed E-state index contributed by atoms with van der Waals surface area (Å²) in [5.74, 6) is 0.241. The van der Waals surface area contributed by atoms with Crippen molar-refractivity contribution < 1.29 is 17.4 Å². The first-order chi connectivity index (χ1) is 8.24. The fourth-order valence-electron chi connectivity index (χ4n) is 1.84. The van der Waals surface area contributed by atoms with Crippen molar-refractivity contribution in [2.24, 2.45) is 0 Å². The van der Waals surface area contributed by atoms with Crippen LogP contribution in [0.4, 0.5) is 0 Å². The molecule has 0 aliphatic carbocycles. The van der Waals surface area contributed by atoms with Gasteiger partial charge in [-0.2, -0.15) is 0 Å². The van der Waals surface area contributed by atoms with E-state index in [1.54, 1.807) is 18.2 Å². The summed E-state index contributed by atoms with van der Waals surface area (Å²) in [6, 6.07) is 12.6. The second kappa shape index (κ2) is 3.87. The fourth-order valence-corrected chi connectivity index (χ4v) is 2.10. The third kappa shape index (κ3) is 1.79. The summed E-state index contributed by atoms with van der Waals surface area (Å²) >= 11 is -2.57. The molecular weight excluding hydrogens is 240 g/mol. The SMILES string of the molecule is O=S([O-])Oc1ccc2c(c1)oc1ccccc12. The summed E-state index contributed by atoms with van der Waals surface area (Å²) in [5, 5.41) is 1.93. The van der Waals surface area contributed by atoms with Gasteiger partial charge in [-0.1, -0.05) is 18.2 Å². The number of hydrogen-bond donors (Lipinski definition) is 0. The molecule has 0 N–H and O–H groups in total. The molecule has 0 bridgehead atoms. The highest BCUT2D eigenvalue weighted by Gasteiger charge is 2.07. The Hall–Kier alpha value is -1.85. The second-order valence-electron chi connectivity index (χ2n) is 3.54. The van der Waals surface area contributed by atoms with Crippen LogP contribution in [0, 0.1) is 0 Å². The molecule has 3 aromatic rings. The third-order valence-electron chi connectivity index (χ3n) is 2.51. The Bertz CT molecular complexity index is 717. The van der Waals surface area contributed by atoms with Crippen LogP contribution in [0.5, 0.6) is 5.75 Å². The molecule has 5 heteroatoms. The number of para-hydroxylation sites is 1. The molecule has 3 rings (SSSR count). The summed E-state index contributed by atoms with van der Waals surface area (Å²) in [6.07, 6.45) is 0. The van der Waals surface area contributed by atoms with Crippen molar-refractivity contribution in [3.8, 4) is 5.75 Å². The fraction of sp³-hybridized carbons (Fsp3) is 0. The summed E-state index contributed by atoms with van der Waals surface area (Å²) in [4.78, 5) is 0. The van der Waals surface area contributed by atoms with E-state index in [9.17, 15) is 8.76 Å². The molecule has 0 spiro atoms. The van der Waals surface area contributed by atoms with E-state index in [2.05, 4.69) is 4.18 Å². The molecule has 0 radical (unpaired) electrons. The van der Waals surface area contributed by atoms with Crippen molar-refractivity contribution in [1.82, 2.24) is 0 Å². The molecule has 0 aliphatic rings. The maximum Gasteiger partial charge on any atom is 0.142 e. The maximum atomic E-state index is 10.4. The smallest absolute Gasteiger partial charge is 0.142 e. The third-order valence-corrected chi connectivity index (χ3v) is 2.84. The van der Waals surface area contributed by atoms with Gasteiger partial charge in [0.25, 0.3) is 0 Å². The Balaban J connectivity index is 2.23. The van der Waals surface area contributed by atoms with E-state index in [1.165, 1.54) is 0 Å². The molecule has 17 heavy (non-hydrogen) atoms. The summed E-state index contributed by atoms with van der Waals surface area (Å²) in [7, 11) is 0. The zero-order valence-corrected chi connectivity index (χ0v) is 9.40. The number of fused-ring (bicyclic) bond motifs is 3. The summed E-state index contributed by atoms with van der Waals surface area (Å²) in [6.45, 7) is 0. The number of rotatable bonds is 2. The molecule has 0 aliphatic heterocycles. The van der Waals surface area contributed by atoms with Crippen molar-refractivity contribution >= 4 is 33.3 Å². The predicted molar refractivity (Wildman–Crippen MR) is 63.3 cm³/mol. The predicted octanol–water partition coefficient (Wildman–Crippen LogP) is 2.76. The van der Waals surface area contributed by atoms with Gasteiger partial charge in [0.15, 0.2) is 0 Å². The zero-order valence-electron chi connectivity index (χ0n) is 8.58. The molecule has 0 fully saturated rings. The lowest BCUT2D eigenvalue weighted by Crippen LogP contribution is -1.97. The van der Waals surface area contributed by atoms with E-state index in [1.807, 2.05) is 24.3 Å². The lowest BCUT2D eigenvalue weighted by atomic mass is 10.1. The van der Waals surface area contributed by atoms with Gasteiger partial charge >= 0.3 is 0 Å². The van der Waals surface area contributed by atoms with Crippen LogP contribution in [-0.2, 0) is 11.4 Å². The Labute approximate surface area is 99.3 Å². The minimum atomic E-state index is -2.57. The van der Waals surface area contributed by atoms with Gasteiger partial charge in [0, 0.05) is 16.8 Å². The van der Waals surface area contributed by atoms with Gasteiger partial charge in [-0.05, 0) is 18.2 Å². The second-order valence-corrected chi connectivity index (χ2v) is 4.12. The molecule has 1 aromatic heterocycles. The van der Waals surface area contributed by atoms with Crippen LogP contribution >= 0.6 is 0 Å². The maximum absolute atomic E-state index is 10.4. The Morgan fingerprint density at radius 2 is 1.82 bits per heavy atom. The lowest BCUT2D eigenvalue weighted by Gasteiger charge is -2.05. The van der Waals surface area contributed by atoms with E-state index < -0.39 is 11.4 Å². The minimum Gasteiger partial charge on any atom is -0.740 e. The van der Waals surface area contributed by atoms with Gasteiger partial charge < -0.3 is 13.2 Å². The average Bonchev–Trinajstić information content (AvgIpc) is 2.65. The molecule has 86 valence electrons. The Morgan fingerprint density at radius 1 is 1.06 bits per heavy atom. The molecule has 0 saturated carbocycles. The number of furan rings is 1. The highest BCUT2D eigenvalue weighted by molar-refractivity contribution is 7.74. The van der Waals surface area contributed by atoms with Crippen molar-refractivity contribution in [3.05, 3.63) is 42.5 Å². The van der Waals surface area contributed by atoms with Crippen LogP contribution in [0.2, 0.25) is 0 Å². The minimum absolute atomic E-state index is 0.241. The topological polar surface area (TPSA) is 62.5 Å². The van der Waals surface area contributed by atoms with Crippen molar-refractivity contribution in [2.75, 3.05) is 0 Å². The number of hydrogen-bond acceptors (Lipinski definition) is 4. The van der Waals surface area contributed by atoms with Crippen LogP contribution in [0.1, 0.15) is 0 Å². The van der Waals surface area contributed by atoms with Crippen LogP contribution in [-0.4, -0.2) is 8.76 Å². The van der Waals surface area contributed by atoms with Crippen LogP contribution in [0.15, 0.2) is 46.9 Å². The first-order valence-corrected chi connectivity index (χ1v) is 5.93. The first kappa shape index (κ1) is 10.3. The van der Waals surface area contributed by atoms with E-state index in [-0.39, 0.29) is 5.75 Å². The van der Waals surface area contributed by atoms with Crippen molar-refractivity contribution in [3.63, 3.8) is 0 Å². The quantitative estimate of drug-likeness (QED) is 0.653. The largest absolute Gasteiger partial charge is 0.740 e. The Morgan fingerprint density at radius 3 is 2.65 bits per heavy atom. The van der Waals surface area contributed by atoms with Crippen molar-refractivity contribution in [1.29, 1.82) is 0 Å². The molecule has 4 nitrogen and oxygen atoms in total. The lowest BCUT2D eigenvalue weighted by molar-refractivity contribution is 0.440. The van der Waals surface area contributed by atoms with Gasteiger partial charge in [0.1, 0.15) is 28.3 Å². The van der Waals surface area contributed by atoms with Crippen LogP contribution < -0.4 is 4.18 Å². The van der Waals surface area contributed by atoms with Gasteiger partial charge in [-0.3, -0.25) is 0 Å². The summed E-state index contributed by atoms with van der Waals surface area (Å²) < 4.78 is 31.0. The average molecular weight is 247 g/mol. The van der Waals surface area contributed by atoms with Crippen LogP contribution in [0.3, 0.4) is 0 Å². The molecule has 1 heterocycles. The van der Waals surface area contributed by atoms with Gasteiger partial charge in [0.2, 0.25) is 0 Å². The molecule has 0 saturated heterocycles. The Kier molecular flexibility index (Phi) is 2.35. The molecule has 2 aromatic carbocycles. The monoisotopic (exact) mass is 247 g/mol. The van der Waals surface area contributed by atoms with E-state index in [0.29, 0.717) is 5.58 Å². The van der Waals surface area contributed by atoms with Crippen molar-refractivity contribution in [2.45, 2.75) is 0 Å². The molecule has 0 amide bonds. The van der Waals surface area contributed by atoms with E-state index in [0.717, 1.165) is 16.4 Å². The van der Waals surface area contributed by atoms with Gasteiger partial charge in [-0.25, -0.2) is 4.21 Å². The standard InChI is InChI=1S/C12H8O4S/c13-17(14)16-8-5-6-10-9-3-1-2-4-11(9)15-12(10)7-8/h1-7H,(H,13,14)/p-1. The highest BCUT2D eigenvalue weighted by atomic mass is 32.2. The van der Waals surface area contributed by atoms with Gasteiger partial charge in [0.05, 0.1) is 0 Å². The number of benzene rings is 2. The van der Waals surface area contributed by atoms with Gasteiger partial charge in [-0.15, -0.1) is 0 Å². The molecule has 1 atom stereocenters. The van der Waals surface area contributed by atoms with E-state index >= 15 is 0 Å². The first-order valence-electron chi connectivity index (χ1n) is 4.93. The normalized spacial score (nSPS) is 13.0. The molecule has 1 unspecified atom stereocenters. The molecular formula is C12H7O4S-. The summed E-state index contributed by atoms with van der Waals surface area (Å²) in [5.41, 5.74) is 1.37. The zero-order chi connectivity index (χ0) is 11.8.